The van der Waals surface area contributed by atoms with Crippen molar-refractivity contribution in [3.63, 3.8) is 0 Å². The first-order chi connectivity index (χ1) is 11.9. The first kappa shape index (κ1) is 17.5. The second kappa shape index (κ2) is 7.27. The Morgan fingerprint density at radius 2 is 2.08 bits per heavy atom. The molecule has 3 rings (SSSR count). The molecule has 1 atom stereocenters. The predicted molar refractivity (Wildman–Crippen MR) is 94.4 cm³/mol. The van der Waals surface area contributed by atoms with Crippen molar-refractivity contribution in [2.75, 3.05) is 19.7 Å². The third-order valence-electron chi connectivity index (χ3n) is 4.11. The highest BCUT2D eigenvalue weighted by Crippen LogP contribution is 2.22. The minimum atomic E-state index is -0.400. The van der Waals surface area contributed by atoms with Gasteiger partial charge >= 0.3 is 0 Å². The summed E-state index contributed by atoms with van der Waals surface area (Å²) in [6.45, 7) is 5.52. The largest absolute Gasteiger partial charge is 0.491 e. The number of morpholine rings is 1. The third-order valence-corrected chi connectivity index (χ3v) is 4.11. The zero-order valence-corrected chi connectivity index (χ0v) is 15.0. The molecule has 1 saturated heterocycles. The lowest BCUT2D eigenvalue weighted by molar-refractivity contribution is -0.165. The summed E-state index contributed by atoms with van der Waals surface area (Å²) in [5.41, 5.74) is 0.386. The molecular weight excluding hydrogens is 318 g/mol. The molecule has 6 heteroatoms. The number of carbonyl (C=O) groups excluding carboxylic acids is 1. The lowest BCUT2D eigenvalue weighted by Gasteiger charge is -2.42. The van der Waals surface area contributed by atoms with Crippen LogP contribution in [0.25, 0.3) is 0 Å². The van der Waals surface area contributed by atoms with E-state index >= 15 is 0 Å². The molecule has 0 N–H and O–H groups in total. The fraction of sp³-hybridized carbons (Fsp3) is 0.474. The molecule has 1 aromatic carbocycles. The van der Waals surface area contributed by atoms with Gasteiger partial charge in [-0.1, -0.05) is 18.2 Å². The van der Waals surface area contributed by atoms with Gasteiger partial charge in [0.2, 0.25) is 5.91 Å². The van der Waals surface area contributed by atoms with Crippen LogP contribution in [-0.4, -0.2) is 52.0 Å². The maximum absolute atomic E-state index is 12.7. The first-order valence-electron chi connectivity index (χ1n) is 8.53. The van der Waals surface area contributed by atoms with Crippen molar-refractivity contribution in [2.24, 2.45) is 7.05 Å². The molecular formula is C19H25N3O3. The van der Waals surface area contributed by atoms with Gasteiger partial charge in [0.25, 0.3) is 0 Å². The van der Waals surface area contributed by atoms with Crippen LogP contribution < -0.4 is 4.74 Å². The summed E-state index contributed by atoms with van der Waals surface area (Å²) in [6.07, 6.45) is 2.00. The van der Waals surface area contributed by atoms with Crippen LogP contribution in [0.2, 0.25) is 0 Å². The fourth-order valence-electron chi connectivity index (χ4n) is 3.10. The molecule has 0 unspecified atom stereocenters. The number of benzene rings is 1. The molecule has 0 radical (unpaired) electrons. The summed E-state index contributed by atoms with van der Waals surface area (Å²) >= 11 is 0. The lowest BCUT2D eigenvalue weighted by atomic mass is 10.0. The smallest absolute Gasteiger partial charge is 0.228 e. The van der Waals surface area contributed by atoms with Crippen LogP contribution in [-0.2, 0) is 23.0 Å². The Hall–Kier alpha value is -2.34. The zero-order valence-electron chi connectivity index (χ0n) is 15.0. The molecule has 2 aromatic rings. The van der Waals surface area contributed by atoms with Gasteiger partial charge in [-0.3, -0.25) is 9.48 Å². The van der Waals surface area contributed by atoms with Crippen molar-refractivity contribution in [2.45, 2.75) is 32.0 Å². The van der Waals surface area contributed by atoms with Crippen molar-refractivity contribution >= 4 is 5.91 Å². The zero-order chi connectivity index (χ0) is 17.9. The molecule has 1 fully saturated rings. The molecule has 2 heterocycles. The van der Waals surface area contributed by atoms with E-state index in [4.69, 9.17) is 9.47 Å². The molecule has 1 amide bonds. The highest BCUT2D eigenvalue weighted by molar-refractivity contribution is 5.78. The maximum atomic E-state index is 12.7. The van der Waals surface area contributed by atoms with Crippen molar-refractivity contribution in [3.8, 4) is 5.75 Å². The lowest BCUT2D eigenvalue weighted by Crippen LogP contribution is -2.56. The van der Waals surface area contributed by atoms with Crippen LogP contribution in [0.1, 0.15) is 19.5 Å². The average Bonchev–Trinajstić information content (AvgIpc) is 2.97. The van der Waals surface area contributed by atoms with Crippen LogP contribution in [0.4, 0.5) is 0 Å². The van der Waals surface area contributed by atoms with Gasteiger partial charge in [0.05, 0.1) is 24.3 Å². The van der Waals surface area contributed by atoms with E-state index in [0.29, 0.717) is 26.1 Å². The van der Waals surface area contributed by atoms with E-state index in [-0.39, 0.29) is 12.0 Å². The van der Waals surface area contributed by atoms with Gasteiger partial charge in [-0.25, -0.2) is 0 Å². The third kappa shape index (κ3) is 4.82. The molecule has 134 valence electrons. The number of hydrogen-bond donors (Lipinski definition) is 0. The Kier molecular flexibility index (Phi) is 5.08. The Morgan fingerprint density at radius 3 is 2.76 bits per heavy atom. The minimum absolute atomic E-state index is 0.0692. The molecule has 0 spiro atoms. The van der Waals surface area contributed by atoms with Gasteiger partial charge in [-0.15, -0.1) is 0 Å². The van der Waals surface area contributed by atoms with Crippen LogP contribution in [0, 0.1) is 0 Å². The van der Waals surface area contributed by atoms with Crippen molar-refractivity contribution in [1.82, 2.24) is 14.7 Å². The standard InChI is InChI=1S/C19H25N3O3/c1-19(2)14-22(18(23)11-15-9-10-21(3)20-15)12-17(25-19)13-24-16-7-5-4-6-8-16/h4-10,17H,11-14H2,1-3H3/t17-/m1/s1. The molecule has 25 heavy (non-hydrogen) atoms. The van der Waals surface area contributed by atoms with E-state index in [9.17, 15) is 4.79 Å². The maximum Gasteiger partial charge on any atom is 0.228 e. The summed E-state index contributed by atoms with van der Waals surface area (Å²) in [5.74, 6) is 0.876. The predicted octanol–water partition coefficient (Wildman–Crippen LogP) is 2.05. The monoisotopic (exact) mass is 343 g/mol. The van der Waals surface area contributed by atoms with E-state index in [1.54, 1.807) is 4.68 Å². The number of aromatic nitrogens is 2. The van der Waals surface area contributed by atoms with Crippen LogP contribution in [0.15, 0.2) is 42.6 Å². The second-order valence-corrected chi connectivity index (χ2v) is 7.06. The minimum Gasteiger partial charge on any atom is -0.491 e. The molecule has 0 aliphatic carbocycles. The SMILES string of the molecule is Cn1ccc(CC(=O)N2C[C@H](COc3ccccc3)OC(C)(C)C2)n1. The molecule has 1 aliphatic rings. The topological polar surface area (TPSA) is 56.6 Å². The molecule has 6 nitrogen and oxygen atoms in total. The number of rotatable bonds is 5. The summed E-state index contributed by atoms with van der Waals surface area (Å²) in [4.78, 5) is 14.5. The number of nitrogens with zero attached hydrogens (tertiary/aromatic N) is 3. The Bertz CT molecular complexity index is 712. The molecule has 0 saturated carbocycles. The molecule has 1 aromatic heterocycles. The normalized spacial score (nSPS) is 19.6. The van der Waals surface area contributed by atoms with Gasteiger partial charge < -0.3 is 14.4 Å². The van der Waals surface area contributed by atoms with Gasteiger partial charge in [-0.05, 0) is 32.0 Å². The Morgan fingerprint density at radius 1 is 1.32 bits per heavy atom. The van der Waals surface area contributed by atoms with E-state index in [0.717, 1.165) is 11.4 Å². The van der Waals surface area contributed by atoms with Crippen molar-refractivity contribution < 1.29 is 14.3 Å². The number of carbonyl (C=O) groups is 1. The molecule has 0 bridgehead atoms. The van der Waals surface area contributed by atoms with Gasteiger partial charge in [-0.2, -0.15) is 5.10 Å². The van der Waals surface area contributed by atoms with E-state index in [1.807, 2.05) is 68.4 Å². The van der Waals surface area contributed by atoms with E-state index < -0.39 is 5.60 Å². The number of para-hydroxylation sites is 1. The quantitative estimate of drug-likeness (QED) is 0.834. The average molecular weight is 343 g/mol. The highest BCUT2D eigenvalue weighted by atomic mass is 16.5. The summed E-state index contributed by atoms with van der Waals surface area (Å²) in [7, 11) is 1.85. The van der Waals surface area contributed by atoms with Crippen molar-refractivity contribution in [3.05, 3.63) is 48.3 Å². The summed E-state index contributed by atoms with van der Waals surface area (Å²) in [6, 6.07) is 11.5. The van der Waals surface area contributed by atoms with Crippen molar-refractivity contribution in [1.29, 1.82) is 0 Å². The highest BCUT2D eigenvalue weighted by Gasteiger charge is 2.36. The molecule has 1 aliphatic heterocycles. The fourth-order valence-corrected chi connectivity index (χ4v) is 3.10. The number of hydrogen-bond acceptors (Lipinski definition) is 4. The second-order valence-electron chi connectivity index (χ2n) is 7.06. The van der Waals surface area contributed by atoms with Gasteiger partial charge in [0, 0.05) is 19.8 Å². The van der Waals surface area contributed by atoms with E-state index in [2.05, 4.69) is 5.10 Å². The first-order valence-corrected chi connectivity index (χ1v) is 8.53. The van der Waals surface area contributed by atoms with Gasteiger partial charge in [0.1, 0.15) is 18.5 Å². The summed E-state index contributed by atoms with van der Waals surface area (Å²) < 4.78 is 13.6. The van der Waals surface area contributed by atoms with Crippen LogP contribution in [0.5, 0.6) is 5.75 Å². The van der Waals surface area contributed by atoms with Crippen LogP contribution >= 0.6 is 0 Å². The Balaban J connectivity index is 1.60. The van der Waals surface area contributed by atoms with E-state index in [1.165, 1.54) is 0 Å². The Labute approximate surface area is 148 Å². The summed E-state index contributed by atoms with van der Waals surface area (Å²) in [5, 5.41) is 4.29. The van der Waals surface area contributed by atoms with Gasteiger partial charge in [0.15, 0.2) is 0 Å². The number of aryl methyl sites for hydroxylation is 1. The number of amides is 1. The van der Waals surface area contributed by atoms with Crippen LogP contribution in [0.3, 0.4) is 0 Å². The number of ether oxygens (including phenoxy) is 2.